The molecule has 0 aromatic heterocycles. The summed E-state index contributed by atoms with van der Waals surface area (Å²) < 4.78 is 0. The van der Waals surface area contributed by atoms with E-state index < -0.39 is 8.32 Å². The van der Waals surface area contributed by atoms with Crippen LogP contribution in [0.1, 0.15) is 39.5 Å². The van der Waals surface area contributed by atoms with Crippen molar-refractivity contribution in [3.8, 4) is 0 Å². The van der Waals surface area contributed by atoms with Gasteiger partial charge in [-0.2, -0.15) is 0 Å². The smallest absolute Gasteiger partial charge is 0.188 e. The Morgan fingerprint density at radius 1 is 1.39 bits per heavy atom. The average Bonchev–Trinajstić information content (AvgIpc) is 2.71. The number of nitrogens with one attached hydrogen (secondary N) is 1. The molecule has 3 nitrogen and oxygen atoms in total. The van der Waals surface area contributed by atoms with Crippen molar-refractivity contribution < 1.29 is 4.80 Å². The molecule has 0 aliphatic carbocycles. The average molecular weight is 270 g/mol. The van der Waals surface area contributed by atoms with Crippen LogP contribution in [0.3, 0.4) is 0 Å². The van der Waals surface area contributed by atoms with Crippen molar-refractivity contribution in [2.45, 2.75) is 69.7 Å². The van der Waals surface area contributed by atoms with Crippen LogP contribution >= 0.6 is 0 Å². The molecule has 4 heteroatoms. The predicted octanol–water partition coefficient (Wildman–Crippen LogP) is 2.18. The second kappa shape index (κ2) is 5.23. The van der Waals surface area contributed by atoms with Gasteiger partial charge in [-0.15, -0.1) is 0 Å². The van der Waals surface area contributed by atoms with Gasteiger partial charge in [-0.25, -0.2) is 0 Å². The molecular formula is C14H30N2OSi. The van der Waals surface area contributed by atoms with Gasteiger partial charge in [-0.3, -0.25) is 4.90 Å². The minimum absolute atomic E-state index is 0.122. The topological polar surface area (TPSA) is 35.5 Å². The number of rotatable bonds is 4. The lowest BCUT2D eigenvalue weighted by molar-refractivity contribution is 0.165. The van der Waals surface area contributed by atoms with Gasteiger partial charge in [0.1, 0.15) is 0 Å². The standard InChI is InChI=1S/C14H30N2OSi/c1-14(2,18(3,4)17)8-7-12-11-16-9-5-6-13(16)10-15-12/h12-13,15,17H,5-11H2,1-4H3/t12-,13?/m1/s1. The zero-order chi connectivity index (χ0) is 13.4. The lowest BCUT2D eigenvalue weighted by atomic mass is 9.99. The van der Waals surface area contributed by atoms with Crippen molar-refractivity contribution in [1.82, 2.24) is 10.2 Å². The van der Waals surface area contributed by atoms with E-state index in [-0.39, 0.29) is 5.04 Å². The fraction of sp³-hybridized carbons (Fsp3) is 1.00. The summed E-state index contributed by atoms with van der Waals surface area (Å²) in [6, 6.07) is 1.44. The van der Waals surface area contributed by atoms with Crippen LogP contribution < -0.4 is 5.32 Å². The summed E-state index contributed by atoms with van der Waals surface area (Å²) in [5.74, 6) is 0. The molecule has 2 aliphatic heterocycles. The Morgan fingerprint density at radius 3 is 2.78 bits per heavy atom. The van der Waals surface area contributed by atoms with Gasteiger partial charge in [0.25, 0.3) is 0 Å². The molecule has 2 saturated heterocycles. The van der Waals surface area contributed by atoms with Crippen molar-refractivity contribution in [3.63, 3.8) is 0 Å². The Balaban J connectivity index is 1.81. The van der Waals surface area contributed by atoms with Gasteiger partial charge >= 0.3 is 0 Å². The zero-order valence-corrected chi connectivity index (χ0v) is 13.5. The minimum atomic E-state index is -2.04. The molecule has 2 fully saturated rings. The molecule has 2 N–H and O–H groups in total. The van der Waals surface area contributed by atoms with Crippen LogP contribution in [0.25, 0.3) is 0 Å². The van der Waals surface area contributed by atoms with Crippen LogP contribution in [0.4, 0.5) is 0 Å². The lowest BCUT2D eigenvalue weighted by Crippen LogP contribution is -2.54. The molecule has 106 valence electrons. The van der Waals surface area contributed by atoms with E-state index in [1.165, 1.54) is 38.9 Å². The summed E-state index contributed by atoms with van der Waals surface area (Å²) in [4.78, 5) is 13.0. The second-order valence-electron chi connectivity index (χ2n) is 7.38. The summed E-state index contributed by atoms with van der Waals surface area (Å²) in [5, 5.41) is 3.83. The summed E-state index contributed by atoms with van der Waals surface area (Å²) in [6.45, 7) is 12.3. The van der Waals surface area contributed by atoms with E-state index in [0.29, 0.717) is 6.04 Å². The monoisotopic (exact) mass is 270 g/mol. The Kier molecular flexibility index (Phi) is 4.22. The van der Waals surface area contributed by atoms with Crippen LogP contribution in [0.5, 0.6) is 0 Å². The van der Waals surface area contributed by atoms with Gasteiger partial charge in [0.05, 0.1) is 0 Å². The first-order chi connectivity index (χ1) is 8.29. The molecule has 0 bridgehead atoms. The van der Waals surface area contributed by atoms with Crippen molar-refractivity contribution in [1.29, 1.82) is 0 Å². The summed E-state index contributed by atoms with van der Waals surface area (Å²) in [7, 11) is -2.04. The maximum absolute atomic E-state index is 10.3. The highest BCUT2D eigenvalue weighted by molar-refractivity contribution is 6.72. The van der Waals surface area contributed by atoms with E-state index in [9.17, 15) is 4.80 Å². The van der Waals surface area contributed by atoms with Crippen LogP contribution in [0, 0.1) is 0 Å². The van der Waals surface area contributed by atoms with Crippen molar-refractivity contribution in [2.24, 2.45) is 0 Å². The zero-order valence-electron chi connectivity index (χ0n) is 12.5. The molecule has 2 rings (SSSR count). The molecule has 2 heterocycles. The lowest BCUT2D eigenvalue weighted by Gasteiger charge is -2.39. The van der Waals surface area contributed by atoms with Crippen LogP contribution in [0.15, 0.2) is 0 Å². The minimum Gasteiger partial charge on any atom is -0.432 e. The SMILES string of the molecule is CC(C)(CC[C@@H]1CN2CCCC2CN1)[Si](C)(C)O. The molecule has 2 aliphatic rings. The van der Waals surface area contributed by atoms with Gasteiger partial charge in [0.2, 0.25) is 0 Å². The van der Waals surface area contributed by atoms with E-state index in [2.05, 4.69) is 37.2 Å². The highest BCUT2D eigenvalue weighted by atomic mass is 28.4. The van der Waals surface area contributed by atoms with E-state index in [0.717, 1.165) is 12.5 Å². The summed E-state index contributed by atoms with van der Waals surface area (Å²) in [6.07, 6.45) is 5.09. The van der Waals surface area contributed by atoms with Gasteiger partial charge in [0.15, 0.2) is 8.32 Å². The quantitative estimate of drug-likeness (QED) is 0.769. The first kappa shape index (κ1) is 14.5. The maximum Gasteiger partial charge on any atom is 0.188 e. The Bertz CT molecular complexity index is 288. The second-order valence-corrected chi connectivity index (χ2v) is 11.8. The number of piperazine rings is 1. The van der Waals surface area contributed by atoms with E-state index in [4.69, 9.17) is 0 Å². The normalized spacial score (nSPS) is 30.5. The van der Waals surface area contributed by atoms with Gasteiger partial charge in [0, 0.05) is 25.2 Å². The molecule has 18 heavy (non-hydrogen) atoms. The van der Waals surface area contributed by atoms with E-state index in [1.54, 1.807) is 0 Å². The third-order valence-corrected chi connectivity index (χ3v) is 8.93. The van der Waals surface area contributed by atoms with Crippen LogP contribution in [0.2, 0.25) is 18.1 Å². The fourth-order valence-corrected chi connectivity index (χ4v) is 3.81. The van der Waals surface area contributed by atoms with Crippen molar-refractivity contribution in [3.05, 3.63) is 0 Å². The molecule has 0 amide bonds. The van der Waals surface area contributed by atoms with Crippen LogP contribution in [-0.2, 0) is 0 Å². The first-order valence-corrected chi connectivity index (χ1v) is 10.4. The van der Waals surface area contributed by atoms with Crippen molar-refractivity contribution >= 4 is 8.32 Å². The molecule has 0 radical (unpaired) electrons. The maximum atomic E-state index is 10.3. The summed E-state index contributed by atoms with van der Waals surface area (Å²) >= 11 is 0. The molecule has 0 saturated carbocycles. The molecule has 0 aromatic rings. The molecule has 1 unspecified atom stereocenters. The first-order valence-electron chi connectivity index (χ1n) is 7.49. The predicted molar refractivity (Wildman–Crippen MR) is 79.4 cm³/mol. The highest BCUT2D eigenvalue weighted by Crippen LogP contribution is 2.40. The Hall–Kier alpha value is 0.0969. The van der Waals surface area contributed by atoms with Crippen molar-refractivity contribution in [2.75, 3.05) is 19.6 Å². The van der Waals surface area contributed by atoms with E-state index >= 15 is 0 Å². The highest BCUT2D eigenvalue weighted by Gasteiger charge is 2.39. The Labute approximate surface area is 113 Å². The number of hydrogen-bond acceptors (Lipinski definition) is 3. The third kappa shape index (κ3) is 3.16. The molecular weight excluding hydrogens is 240 g/mol. The van der Waals surface area contributed by atoms with Crippen LogP contribution in [-0.4, -0.2) is 49.7 Å². The fourth-order valence-electron chi connectivity index (χ4n) is 3.05. The summed E-state index contributed by atoms with van der Waals surface area (Å²) in [5.41, 5.74) is 0. The third-order valence-electron chi connectivity index (χ3n) is 5.37. The molecule has 0 spiro atoms. The van der Waals surface area contributed by atoms with E-state index in [1.807, 2.05) is 0 Å². The molecule has 2 atom stereocenters. The largest absolute Gasteiger partial charge is 0.432 e. The van der Waals surface area contributed by atoms with Gasteiger partial charge < -0.3 is 10.1 Å². The number of nitrogens with zero attached hydrogens (tertiary/aromatic N) is 1. The van der Waals surface area contributed by atoms with Gasteiger partial charge in [-0.1, -0.05) is 13.8 Å². The van der Waals surface area contributed by atoms with Gasteiger partial charge in [-0.05, 0) is 50.4 Å². The Morgan fingerprint density at radius 2 is 2.11 bits per heavy atom. The molecule has 0 aromatic carbocycles. The number of hydrogen-bond donors (Lipinski definition) is 2. The number of fused-ring (bicyclic) bond motifs is 1.